The summed E-state index contributed by atoms with van der Waals surface area (Å²) in [6, 6.07) is 0. The number of aliphatic carboxylic acids is 1. The van der Waals surface area contributed by atoms with Crippen LogP contribution >= 0.6 is 11.8 Å². The summed E-state index contributed by atoms with van der Waals surface area (Å²) in [7, 11) is 0. The summed E-state index contributed by atoms with van der Waals surface area (Å²) >= 11 is 1.88. The lowest BCUT2D eigenvalue weighted by Crippen LogP contribution is -2.23. The van der Waals surface area contributed by atoms with Gasteiger partial charge in [0, 0.05) is 0 Å². The topological polar surface area (TPSA) is 49.3 Å². The lowest BCUT2D eigenvalue weighted by atomic mass is 10.2. The van der Waals surface area contributed by atoms with Gasteiger partial charge >= 0.3 is 5.97 Å². The Kier molecular flexibility index (Phi) is 9.70. The summed E-state index contributed by atoms with van der Waals surface area (Å²) in [5.74, 6) is 0.463. The van der Waals surface area contributed by atoms with Gasteiger partial charge in [0.25, 0.3) is 0 Å². The lowest BCUT2D eigenvalue weighted by molar-refractivity contribution is -0.135. The normalized spacial score (nSPS) is 10.2. The molecule has 3 nitrogen and oxygen atoms in total. The number of unbranched alkanes of at least 4 members (excludes halogenated alkanes) is 3. The van der Waals surface area contributed by atoms with Crippen LogP contribution in [0.25, 0.3) is 0 Å². The predicted molar refractivity (Wildman–Crippen MR) is 57.4 cm³/mol. The minimum Gasteiger partial charge on any atom is -0.480 e. The van der Waals surface area contributed by atoms with Gasteiger partial charge < -0.3 is 10.4 Å². The van der Waals surface area contributed by atoms with Gasteiger partial charge in [-0.2, -0.15) is 11.8 Å². The van der Waals surface area contributed by atoms with Gasteiger partial charge in [0.15, 0.2) is 0 Å². The second-order valence-electron chi connectivity index (χ2n) is 2.98. The molecule has 0 saturated heterocycles. The Hall–Kier alpha value is -0.220. The van der Waals surface area contributed by atoms with Crippen LogP contribution in [0.4, 0.5) is 0 Å². The molecule has 0 spiro atoms. The zero-order valence-corrected chi connectivity index (χ0v) is 9.03. The van der Waals surface area contributed by atoms with Crippen molar-refractivity contribution in [2.45, 2.75) is 25.7 Å². The second kappa shape index (κ2) is 9.86. The molecule has 4 heteroatoms. The maximum atomic E-state index is 10.1. The first-order valence-corrected chi connectivity index (χ1v) is 6.08. The van der Waals surface area contributed by atoms with Crippen LogP contribution in [0, 0.1) is 0 Å². The quantitative estimate of drug-likeness (QED) is 0.561. The molecule has 0 aliphatic heterocycles. The molecule has 0 aromatic rings. The molecule has 0 unspecified atom stereocenters. The van der Waals surface area contributed by atoms with Crippen molar-refractivity contribution >= 4 is 17.7 Å². The highest BCUT2D eigenvalue weighted by molar-refractivity contribution is 7.98. The Balaban J connectivity index is 2.87. The van der Waals surface area contributed by atoms with Crippen molar-refractivity contribution in [2.24, 2.45) is 0 Å². The van der Waals surface area contributed by atoms with Crippen molar-refractivity contribution in [1.29, 1.82) is 0 Å². The van der Waals surface area contributed by atoms with Crippen molar-refractivity contribution < 1.29 is 9.90 Å². The van der Waals surface area contributed by atoms with Crippen LogP contribution in [0.15, 0.2) is 0 Å². The predicted octanol–water partition coefficient (Wildman–Crippen LogP) is 1.58. The van der Waals surface area contributed by atoms with E-state index >= 15 is 0 Å². The molecule has 0 aromatic carbocycles. The van der Waals surface area contributed by atoms with Gasteiger partial charge in [0.1, 0.15) is 0 Å². The average Bonchev–Trinajstić information content (AvgIpc) is 2.09. The van der Waals surface area contributed by atoms with Crippen LogP contribution < -0.4 is 5.32 Å². The first-order valence-electron chi connectivity index (χ1n) is 4.69. The monoisotopic (exact) mass is 205 g/mol. The van der Waals surface area contributed by atoms with Crippen LogP contribution in [-0.4, -0.2) is 36.2 Å². The number of carboxylic acid groups (broad SMARTS) is 1. The molecule has 0 saturated carbocycles. The number of hydrogen-bond acceptors (Lipinski definition) is 3. The van der Waals surface area contributed by atoms with Crippen LogP contribution in [-0.2, 0) is 4.79 Å². The third-order valence-electron chi connectivity index (χ3n) is 1.73. The molecule has 0 rings (SSSR count). The summed E-state index contributed by atoms with van der Waals surface area (Å²) in [6.45, 7) is 0.913. The third kappa shape index (κ3) is 11.8. The highest BCUT2D eigenvalue weighted by atomic mass is 32.2. The Morgan fingerprint density at radius 2 is 2.00 bits per heavy atom. The molecule has 0 heterocycles. The van der Waals surface area contributed by atoms with Crippen LogP contribution in [0.1, 0.15) is 25.7 Å². The first kappa shape index (κ1) is 12.8. The molecule has 13 heavy (non-hydrogen) atoms. The molecule has 0 bridgehead atoms. The number of thioether (sulfide) groups is 1. The van der Waals surface area contributed by atoms with Crippen LogP contribution in [0.3, 0.4) is 0 Å². The van der Waals surface area contributed by atoms with Crippen molar-refractivity contribution in [3.8, 4) is 0 Å². The van der Waals surface area contributed by atoms with E-state index in [1.165, 1.54) is 25.0 Å². The van der Waals surface area contributed by atoms with Gasteiger partial charge in [-0.3, -0.25) is 4.79 Å². The number of rotatable bonds is 9. The molecule has 0 amide bonds. The highest BCUT2D eigenvalue weighted by Gasteiger charge is 1.94. The molecule has 0 aliphatic rings. The van der Waals surface area contributed by atoms with E-state index in [4.69, 9.17) is 5.11 Å². The number of nitrogens with one attached hydrogen (secondary N) is 1. The van der Waals surface area contributed by atoms with E-state index in [1.807, 2.05) is 11.8 Å². The molecular formula is C9H19NO2S. The maximum absolute atomic E-state index is 10.1. The van der Waals surface area contributed by atoms with Crippen molar-refractivity contribution in [3.05, 3.63) is 0 Å². The molecule has 78 valence electrons. The number of hydrogen-bond donors (Lipinski definition) is 2. The van der Waals surface area contributed by atoms with E-state index in [2.05, 4.69) is 11.6 Å². The fourth-order valence-electron chi connectivity index (χ4n) is 1.05. The average molecular weight is 205 g/mol. The number of carbonyl (C=O) groups is 1. The fourth-order valence-corrected chi connectivity index (χ4v) is 1.54. The first-order chi connectivity index (χ1) is 6.27. The van der Waals surface area contributed by atoms with Crippen molar-refractivity contribution in [2.75, 3.05) is 25.1 Å². The van der Waals surface area contributed by atoms with Gasteiger partial charge in [0.05, 0.1) is 6.54 Å². The SMILES string of the molecule is CSCCCCCCNCC(=O)O. The van der Waals surface area contributed by atoms with Gasteiger partial charge in [-0.25, -0.2) is 0 Å². The third-order valence-corrected chi connectivity index (χ3v) is 2.43. The van der Waals surface area contributed by atoms with Gasteiger partial charge in [0.2, 0.25) is 0 Å². The molecule has 0 atom stereocenters. The Labute approximate surface area is 84.3 Å². The van der Waals surface area contributed by atoms with E-state index < -0.39 is 5.97 Å². The van der Waals surface area contributed by atoms with E-state index in [0.717, 1.165) is 13.0 Å². The van der Waals surface area contributed by atoms with Crippen molar-refractivity contribution in [1.82, 2.24) is 5.32 Å². The van der Waals surface area contributed by atoms with Crippen LogP contribution in [0.2, 0.25) is 0 Å². The standard InChI is InChI=1S/C9H19NO2S/c1-13-7-5-3-2-4-6-10-8-9(11)12/h10H,2-8H2,1H3,(H,11,12). The molecule has 2 N–H and O–H groups in total. The van der Waals surface area contributed by atoms with E-state index in [0.29, 0.717) is 0 Å². The minimum atomic E-state index is -0.776. The molecule has 0 aromatic heterocycles. The summed E-state index contributed by atoms with van der Waals surface area (Å²) in [5.41, 5.74) is 0. The van der Waals surface area contributed by atoms with Crippen molar-refractivity contribution in [3.63, 3.8) is 0 Å². The second-order valence-corrected chi connectivity index (χ2v) is 3.96. The lowest BCUT2D eigenvalue weighted by Gasteiger charge is -2.01. The Morgan fingerprint density at radius 3 is 2.62 bits per heavy atom. The largest absolute Gasteiger partial charge is 0.480 e. The maximum Gasteiger partial charge on any atom is 0.317 e. The zero-order valence-electron chi connectivity index (χ0n) is 8.21. The van der Waals surface area contributed by atoms with E-state index in [1.54, 1.807) is 0 Å². The summed E-state index contributed by atoms with van der Waals surface area (Å²) in [5, 5.41) is 11.2. The summed E-state index contributed by atoms with van der Waals surface area (Å²) in [6.07, 6.45) is 6.94. The molecule has 0 fully saturated rings. The zero-order chi connectivity index (χ0) is 9.94. The van der Waals surface area contributed by atoms with Gasteiger partial charge in [-0.15, -0.1) is 0 Å². The summed E-state index contributed by atoms with van der Waals surface area (Å²) < 4.78 is 0. The smallest absolute Gasteiger partial charge is 0.317 e. The molecular weight excluding hydrogens is 186 g/mol. The summed E-state index contributed by atoms with van der Waals surface area (Å²) in [4.78, 5) is 10.1. The van der Waals surface area contributed by atoms with Gasteiger partial charge in [-0.05, 0) is 31.4 Å². The highest BCUT2D eigenvalue weighted by Crippen LogP contribution is 2.03. The van der Waals surface area contributed by atoms with Crippen LogP contribution in [0.5, 0.6) is 0 Å². The van der Waals surface area contributed by atoms with Gasteiger partial charge in [-0.1, -0.05) is 12.8 Å². The molecule has 0 radical (unpaired) electrons. The minimum absolute atomic E-state index is 0.0881. The Bertz CT molecular complexity index is 131. The fraction of sp³-hybridized carbons (Fsp3) is 0.889. The Morgan fingerprint density at radius 1 is 1.31 bits per heavy atom. The number of carboxylic acids is 1. The van der Waals surface area contributed by atoms with E-state index in [9.17, 15) is 4.79 Å². The van der Waals surface area contributed by atoms with E-state index in [-0.39, 0.29) is 6.54 Å². The molecule has 0 aliphatic carbocycles.